The first kappa shape index (κ1) is 17.2. The Labute approximate surface area is 160 Å². The molecular weight excluding hydrogens is 370 g/mol. The summed E-state index contributed by atoms with van der Waals surface area (Å²) < 4.78 is 15.8. The maximum absolute atomic E-state index is 6.14. The molecule has 0 aliphatic carbocycles. The third-order valence-electron chi connectivity index (χ3n) is 3.87. The Morgan fingerprint density at radius 3 is 2.89 bits per heavy atom. The van der Waals surface area contributed by atoms with Gasteiger partial charge in [-0.25, -0.2) is 0 Å². The summed E-state index contributed by atoms with van der Waals surface area (Å²) in [5, 5.41) is 14.8. The van der Waals surface area contributed by atoms with Crippen LogP contribution in [0.3, 0.4) is 0 Å². The molecule has 1 aliphatic heterocycles. The van der Waals surface area contributed by atoms with E-state index >= 15 is 0 Å². The lowest BCUT2D eigenvalue weighted by atomic mass is 10.2. The first-order chi connectivity index (χ1) is 13.2. The van der Waals surface area contributed by atoms with Crippen LogP contribution in [-0.2, 0) is 6.54 Å². The van der Waals surface area contributed by atoms with Gasteiger partial charge >= 0.3 is 0 Å². The molecule has 3 aromatic rings. The van der Waals surface area contributed by atoms with Crippen molar-refractivity contribution >= 4 is 29.1 Å². The van der Waals surface area contributed by atoms with Gasteiger partial charge in [0, 0.05) is 12.2 Å². The number of halogens is 1. The van der Waals surface area contributed by atoms with Crippen LogP contribution < -0.4 is 24.8 Å². The molecule has 1 aromatic heterocycles. The standard InChI is InChI=1S/C18H16ClN5O3/c1-25-14-5-3-12(7-13(14)19)22-17-9-21-24-18(23-17)20-8-11-2-4-15-16(6-11)27-10-26-15/h2-7,9H,8,10H2,1H3,(H2,20,22,23,24). The van der Waals surface area contributed by atoms with E-state index in [1.165, 1.54) is 6.20 Å². The minimum Gasteiger partial charge on any atom is -0.495 e. The summed E-state index contributed by atoms with van der Waals surface area (Å²) in [5.74, 6) is 3.03. The summed E-state index contributed by atoms with van der Waals surface area (Å²) in [6.07, 6.45) is 1.53. The molecule has 0 fully saturated rings. The number of nitrogens with one attached hydrogen (secondary N) is 2. The van der Waals surface area contributed by atoms with Crippen molar-refractivity contribution in [1.29, 1.82) is 0 Å². The third-order valence-corrected chi connectivity index (χ3v) is 4.17. The SMILES string of the molecule is COc1ccc(Nc2cnnc(NCc3ccc4c(c3)OCO4)n2)cc1Cl. The van der Waals surface area contributed by atoms with Crippen molar-refractivity contribution in [2.24, 2.45) is 0 Å². The highest BCUT2D eigenvalue weighted by Gasteiger charge is 2.13. The van der Waals surface area contributed by atoms with Gasteiger partial charge in [0.05, 0.1) is 18.3 Å². The molecule has 0 amide bonds. The zero-order chi connectivity index (χ0) is 18.6. The molecule has 0 bridgehead atoms. The normalized spacial score (nSPS) is 11.9. The fraction of sp³-hybridized carbons (Fsp3) is 0.167. The van der Waals surface area contributed by atoms with Crippen LogP contribution in [0.15, 0.2) is 42.6 Å². The van der Waals surface area contributed by atoms with Crippen LogP contribution in [0, 0.1) is 0 Å². The molecule has 0 unspecified atom stereocenters. The zero-order valence-corrected chi connectivity index (χ0v) is 15.2. The fourth-order valence-corrected chi connectivity index (χ4v) is 2.82. The van der Waals surface area contributed by atoms with Gasteiger partial charge in [-0.1, -0.05) is 17.7 Å². The molecule has 0 saturated heterocycles. The number of nitrogens with zero attached hydrogens (tertiary/aromatic N) is 3. The largest absolute Gasteiger partial charge is 0.495 e. The van der Waals surface area contributed by atoms with Crippen molar-refractivity contribution in [2.75, 3.05) is 24.5 Å². The molecule has 2 heterocycles. The van der Waals surface area contributed by atoms with Crippen LogP contribution >= 0.6 is 11.6 Å². The van der Waals surface area contributed by atoms with E-state index in [-0.39, 0.29) is 6.79 Å². The molecule has 2 N–H and O–H groups in total. The van der Waals surface area contributed by atoms with Crippen molar-refractivity contribution in [1.82, 2.24) is 15.2 Å². The lowest BCUT2D eigenvalue weighted by Crippen LogP contribution is -2.06. The summed E-state index contributed by atoms with van der Waals surface area (Å²) >= 11 is 6.14. The number of benzene rings is 2. The van der Waals surface area contributed by atoms with E-state index in [9.17, 15) is 0 Å². The molecule has 0 saturated carbocycles. The van der Waals surface area contributed by atoms with Crippen LogP contribution in [0.2, 0.25) is 5.02 Å². The van der Waals surface area contributed by atoms with Crippen LogP contribution in [0.25, 0.3) is 0 Å². The fourth-order valence-electron chi connectivity index (χ4n) is 2.56. The minimum absolute atomic E-state index is 0.252. The maximum Gasteiger partial charge on any atom is 0.244 e. The van der Waals surface area contributed by atoms with E-state index in [0.29, 0.717) is 29.1 Å². The van der Waals surface area contributed by atoms with Gasteiger partial charge in [-0.05, 0) is 35.9 Å². The van der Waals surface area contributed by atoms with Crippen molar-refractivity contribution in [3.8, 4) is 17.2 Å². The van der Waals surface area contributed by atoms with Crippen LogP contribution in [0.5, 0.6) is 17.2 Å². The number of anilines is 3. The highest BCUT2D eigenvalue weighted by Crippen LogP contribution is 2.32. The zero-order valence-electron chi connectivity index (χ0n) is 14.4. The van der Waals surface area contributed by atoms with Crippen LogP contribution in [0.1, 0.15) is 5.56 Å². The van der Waals surface area contributed by atoms with E-state index in [2.05, 4.69) is 25.8 Å². The Kier molecular flexibility index (Phi) is 4.80. The second-order valence-corrected chi connectivity index (χ2v) is 6.09. The highest BCUT2D eigenvalue weighted by atomic mass is 35.5. The monoisotopic (exact) mass is 385 g/mol. The predicted molar refractivity (Wildman–Crippen MR) is 101 cm³/mol. The van der Waals surface area contributed by atoms with Gasteiger partial charge in [0.1, 0.15) is 5.75 Å². The van der Waals surface area contributed by atoms with Crippen LogP contribution in [-0.4, -0.2) is 29.1 Å². The lowest BCUT2D eigenvalue weighted by Gasteiger charge is -2.09. The Morgan fingerprint density at radius 2 is 2.04 bits per heavy atom. The number of rotatable bonds is 6. The van der Waals surface area contributed by atoms with Crippen LogP contribution in [0.4, 0.5) is 17.5 Å². The van der Waals surface area contributed by atoms with Gasteiger partial charge < -0.3 is 24.8 Å². The summed E-state index contributed by atoms with van der Waals surface area (Å²) in [6.45, 7) is 0.776. The third kappa shape index (κ3) is 3.95. The summed E-state index contributed by atoms with van der Waals surface area (Å²) in [4.78, 5) is 4.40. The molecule has 138 valence electrons. The Bertz CT molecular complexity index is 969. The lowest BCUT2D eigenvalue weighted by molar-refractivity contribution is 0.174. The highest BCUT2D eigenvalue weighted by molar-refractivity contribution is 6.32. The second kappa shape index (κ2) is 7.55. The molecule has 4 rings (SSSR count). The molecule has 0 radical (unpaired) electrons. The van der Waals surface area contributed by atoms with E-state index < -0.39 is 0 Å². The summed E-state index contributed by atoms with van der Waals surface area (Å²) in [6, 6.07) is 11.1. The minimum atomic E-state index is 0.252. The molecule has 0 spiro atoms. The first-order valence-electron chi connectivity index (χ1n) is 8.14. The molecule has 2 aromatic carbocycles. The molecule has 8 nitrogen and oxygen atoms in total. The Morgan fingerprint density at radius 1 is 1.15 bits per heavy atom. The van der Waals surface area contributed by atoms with Gasteiger partial charge in [0.25, 0.3) is 0 Å². The van der Waals surface area contributed by atoms with Crippen molar-refractivity contribution in [2.45, 2.75) is 6.54 Å². The number of ether oxygens (including phenoxy) is 3. The molecule has 9 heteroatoms. The quantitative estimate of drug-likeness (QED) is 0.665. The second-order valence-electron chi connectivity index (χ2n) is 5.68. The van der Waals surface area contributed by atoms with E-state index in [1.807, 2.05) is 24.3 Å². The molecule has 27 heavy (non-hydrogen) atoms. The average Bonchev–Trinajstić information content (AvgIpc) is 3.15. The van der Waals surface area contributed by atoms with Crippen molar-refractivity contribution in [3.05, 3.63) is 53.2 Å². The van der Waals surface area contributed by atoms with Gasteiger partial charge in [-0.2, -0.15) is 10.1 Å². The van der Waals surface area contributed by atoms with Gasteiger partial charge in [0.2, 0.25) is 12.7 Å². The Balaban J connectivity index is 1.42. The number of aromatic nitrogens is 3. The van der Waals surface area contributed by atoms with Gasteiger partial charge in [-0.15, -0.1) is 5.10 Å². The number of hydrogen-bond donors (Lipinski definition) is 2. The number of fused-ring (bicyclic) bond motifs is 1. The smallest absolute Gasteiger partial charge is 0.244 e. The molecule has 0 atom stereocenters. The van der Waals surface area contributed by atoms with E-state index in [1.54, 1.807) is 19.2 Å². The average molecular weight is 386 g/mol. The topological polar surface area (TPSA) is 90.4 Å². The number of hydrogen-bond acceptors (Lipinski definition) is 8. The number of methoxy groups -OCH3 is 1. The van der Waals surface area contributed by atoms with E-state index in [4.69, 9.17) is 25.8 Å². The van der Waals surface area contributed by atoms with Crippen molar-refractivity contribution < 1.29 is 14.2 Å². The van der Waals surface area contributed by atoms with Crippen molar-refractivity contribution in [3.63, 3.8) is 0 Å². The predicted octanol–water partition coefficient (Wildman–Crippen LogP) is 3.62. The first-order valence-corrected chi connectivity index (χ1v) is 8.52. The maximum atomic E-state index is 6.14. The summed E-state index contributed by atoms with van der Waals surface area (Å²) in [5.41, 5.74) is 1.78. The van der Waals surface area contributed by atoms with E-state index in [0.717, 1.165) is 22.7 Å². The molecule has 1 aliphatic rings. The Hall–Kier alpha value is -3.26. The summed E-state index contributed by atoms with van der Waals surface area (Å²) in [7, 11) is 1.57. The van der Waals surface area contributed by atoms with Gasteiger partial charge in [0.15, 0.2) is 17.3 Å². The molecular formula is C18H16ClN5O3. The van der Waals surface area contributed by atoms with Gasteiger partial charge in [-0.3, -0.25) is 0 Å².